The maximum Gasteiger partial charge on any atom is 0.158 e. The van der Waals surface area contributed by atoms with E-state index in [1.54, 1.807) is 48.5 Å². The summed E-state index contributed by atoms with van der Waals surface area (Å²) in [5.41, 5.74) is 1.47. The summed E-state index contributed by atoms with van der Waals surface area (Å²) in [6.45, 7) is 0. The molecule has 0 saturated heterocycles. The second-order valence-corrected chi connectivity index (χ2v) is 6.86. The lowest BCUT2D eigenvalue weighted by molar-refractivity contribution is 0.594. The highest BCUT2D eigenvalue weighted by Gasteiger charge is 2.16. The molecule has 0 aliphatic carbocycles. The highest BCUT2D eigenvalue weighted by atomic mass is 35.5. The van der Waals surface area contributed by atoms with E-state index in [2.05, 4.69) is 0 Å². The number of nitriles is 1. The van der Waals surface area contributed by atoms with Gasteiger partial charge in [0.2, 0.25) is 0 Å². The molecule has 0 N–H and O–H groups in total. The number of benzene rings is 2. The van der Waals surface area contributed by atoms with Gasteiger partial charge >= 0.3 is 0 Å². The molecule has 5 heteroatoms. The fourth-order valence-corrected chi connectivity index (χ4v) is 3.73. The van der Waals surface area contributed by atoms with Crippen LogP contribution in [0.5, 0.6) is 0 Å². The van der Waals surface area contributed by atoms with Crippen LogP contribution in [-0.4, -0.2) is 8.42 Å². The molecule has 2 aromatic rings. The van der Waals surface area contributed by atoms with Crippen LogP contribution >= 0.6 is 11.6 Å². The van der Waals surface area contributed by atoms with Crippen LogP contribution in [0.3, 0.4) is 0 Å². The van der Waals surface area contributed by atoms with Crippen molar-refractivity contribution < 1.29 is 8.42 Å². The molecule has 2 rings (SSSR count). The number of sulfone groups is 1. The Morgan fingerprint density at radius 1 is 0.950 bits per heavy atom. The molecule has 0 aromatic heterocycles. The van der Waals surface area contributed by atoms with E-state index in [-0.39, 0.29) is 11.5 Å². The Kier molecular flexibility index (Phi) is 4.43. The molecule has 0 bridgehead atoms. The summed E-state index contributed by atoms with van der Waals surface area (Å²) >= 11 is 5.98. The average Bonchev–Trinajstić information content (AvgIpc) is 2.41. The Labute approximate surface area is 123 Å². The summed E-state index contributed by atoms with van der Waals surface area (Å²) in [7, 11) is -3.38. The largest absolute Gasteiger partial charge is 0.228 e. The van der Waals surface area contributed by atoms with Gasteiger partial charge in [0.05, 0.1) is 23.1 Å². The van der Waals surface area contributed by atoms with Gasteiger partial charge in [-0.15, -0.1) is 0 Å². The monoisotopic (exact) mass is 305 g/mol. The normalized spacial score (nSPS) is 11.0. The predicted octanol–water partition coefficient (Wildman–Crippen LogP) is 3.33. The molecule has 0 heterocycles. The van der Waals surface area contributed by atoms with Crippen molar-refractivity contribution in [3.8, 4) is 6.07 Å². The molecule has 0 amide bonds. The number of hydrogen-bond acceptors (Lipinski definition) is 3. The minimum Gasteiger partial charge on any atom is -0.228 e. The molecular formula is C15H12ClNO2S. The molecule has 102 valence electrons. The van der Waals surface area contributed by atoms with Gasteiger partial charge in [-0.25, -0.2) is 8.42 Å². The Bertz CT molecular complexity index is 763. The zero-order chi connectivity index (χ0) is 14.6. The van der Waals surface area contributed by atoms with Crippen LogP contribution < -0.4 is 0 Å². The van der Waals surface area contributed by atoms with Gasteiger partial charge in [0, 0.05) is 5.02 Å². The Morgan fingerprint density at radius 3 is 2.15 bits per heavy atom. The van der Waals surface area contributed by atoms with Crippen molar-refractivity contribution >= 4 is 21.4 Å². The van der Waals surface area contributed by atoms with Crippen LogP contribution in [0.2, 0.25) is 5.02 Å². The molecule has 3 nitrogen and oxygen atoms in total. The Balaban J connectivity index is 2.25. The van der Waals surface area contributed by atoms with Gasteiger partial charge < -0.3 is 0 Å². The van der Waals surface area contributed by atoms with Crippen molar-refractivity contribution in [3.63, 3.8) is 0 Å². The van der Waals surface area contributed by atoms with E-state index >= 15 is 0 Å². The zero-order valence-electron chi connectivity index (χ0n) is 10.6. The third-order valence-corrected chi connectivity index (χ3v) is 4.72. The number of rotatable bonds is 4. The van der Waals surface area contributed by atoms with Crippen LogP contribution in [0.25, 0.3) is 0 Å². The van der Waals surface area contributed by atoms with Crippen LogP contribution in [0, 0.1) is 11.3 Å². The molecule has 0 aliphatic heterocycles. The molecule has 0 atom stereocenters. The standard InChI is InChI=1S/C15H12ClNO2S/c16-15-8-4-3-7-14(15)11-20(18,19)10-13-6-2-1-5-12(13)9-17/h1-8H,10-11H2. The first-order valence-corrected chi connectivity index (χ1v) is 8.13. The van der Waals surface area contributed by atoms with Gasteiger partial charge in [-0.3, -0.25) is 0 Å². The molecular weight excluding hydrogens is 294 g/mol. The SMILES string of the molecule is N#Cc1ccccc1CS(=O)(=O)Cc1ccccc1Cl. The van der Waals surface area contributed by atoms with E-state index < -0.39 is 9.84 Å². The molecule has 0 unspecified atom stereocenters. The first kappa shape index (κ1) is 14.6. The number of halogens is 1. The van der Waals surface area contributed by atoms with Gasteiger partial charge in [-0.1, -0.05) is 48.0 Å². The van der Waals surface area contributed by atoms with E-state index in [0.717, 1.165) is 0 Å². The average molecular weight is 306 g/mol. The summed E-state index contributed by atoms with van der Waals surface area (Å²) in [6.07, 6.45) is 0. The fraction of sp³-hybridized carbons (Fsp3) is 0.133. The van der Waals surface area contributed by atoms with Crippen molar-refractivity contribution in [1.82, 2.24) is 0 Å². The van der Waals surface area contributed by atoms with Crippen LogP contribution in [-0.2, 0) is 21.3 Å². The van der Waals surface area contributed by atoms with E-state index in [9.17, 15) is 8.42 Å². The summed E-state index contributed by atoms with van der Waals surface area (Å²) < 4.78 is 24.4. The Morgan fingerprint density at radius 2 is 1.50 bits per heavy atom. The predicted molar refractivity (Wildman–Crippen MR) is 78.9 cm³/mol. The third-order valence-electron chi connectivity index (χ3n) is 2.85. The van der Waals surface area contributed by atoms with Gasteiger partial charge in [0.15, 0.2) is 9.84 Å². The lowest BCUT2D eigenvalue weighted by atomic mass is 10.1. The van der Waals surface area contributed by atoms with E-state index in [1.807, 2.05) is 6.07 Å². The van der Waals surface area contributed by atoms with Gasteiger partial charge in [0.25, 0.3) is 0 Å². The minimum atomic E-state index is -3.38. The van der Waals surface area contributed by atoms with Crippen LogP contribution in [0.4, 0.5) is 0 Å². The molecule has 0 spiro atoms. The number of hydrogen-bond donors (Lipinski definition) is 0. The van der Waals surface area contributed by atoms with Gasteiger partial charge in [-0.05, 0) is 23.3 Å². The molecule has 0 saturated carbocycles. The molecule has 2 aromatic carbocycles. The lowest BCUT2D eigenvalue weighted by Crippen LogP contribution is -2.09. The van der Waals surface area contributed by atoms with Crippen molar-refractivity contribution in [2.75, 3.05) is 0 Å². The molecule has 0 radical (unpaired) electrons. The Hall–Kier alpha value is -1.83. The lowest BCUT2D eigenvalue weighted by Gasteiger charge is -2.07. The topological polar surface area (TPSA) is 57.9 Å². The second kappa shape index (κ2) is 6.08. The highest BCUT2D eigenvalue weighted by molar-refractivity contribution is 7.89. The van der Waals surface area contributed by atoms with Crippen molar-refractivity contribution in [1.29, 1.82) is 5.26 Å². The quantitative estimate of drug-likeness (QED) is 0.870. The summed E-state index contributed by atoms with van der Waals surface area (Å²) in [6, 6.07) is 15.6. The van der Waals surface area contributed by atoms with Crippen LogP contribution in [0.15, 0.2) is 48.5 Å². The molecule has 20 heavy (non-hydrogen) atoms. The third kappa shape index (κ3) is 3.60. The molecule has 0 fully saturated rings. The van der Waals surface area contributed by atoms with Gasteiger partial charge in [-0.2, -0.15) is 5.26 Å². The van der Waals surface area contributed by atoms with E-state index in [4.69, 9.17) is 16.9 Å². The maximum atomic E-state index is 12.2. The van der Waals surface area contributed by atoms with E-state index in [0.29, 0.717) is 21.7 Å². The zero-order valence-corrected chi connectivity index (χ0v) is 12.2. The minimum absolute atomic E-state index is 0.133. The first-order valence-electron chi connectivity index (χ1n) is 5.94. The van der Waals surface area contributed by atoms with Crippen molar-refractivity contribution in [3.05, 3.63) is 70.2 Å². The van der Waals surface area contributed by atoms with Crippen molar-refractivity contribution in [2.45, 2.75) is 11.5 Å². The second-order valence-electron chi connectivity index (χ2n) is 4.39. The summed E-state index contributed by atoms with van der Waals surface area (Å²) in [4.78, 5) is 0. The van der Waals surface area contributed by atoms with Crippen LogP contribution in [0.1, 0.15) is 16.7 Å². The van der Waals surface area contributed by atoms with E-state index in [1.165, 1.54) is 0 Å². The molecule has 0 aliphatic rings. The first-order chi connectivity index (χ1) is 9.52. The van der Waals surface area contributed by atoms with Crippen molar-refractivity contribution in [2.24, 2.45) is 0 Å². The maximum absolute atomic E-state index is 12.2. The van der Waals surface area contributed by atoms with Gasteiger partial charge in [0.1, 0.15) is 0 Å². The summed E-state index contributed by atoms with van der Waals surface area (Å²) in [5.74, 6) is -0.297. The number of nitrogens with zero attached hydrogens (tertiary/aromatic N) is 1. The fourth-order valence-electron chi connectivity index (χ4n) is 1.90. The summed E-state index contributed by atoms with van der Waals surface area (Å²) in [5, 5.41) is 9.42. The highest BCUT2D eigenvalue weighted by Crippen LogP contribution is 2.20. The smallest absolute Gasteiger partial charge is 0.158 e.